The summed E-state index contributed by atoms with van der Waals surface area (Å²) in [5.74, 6) is 0.872. The number of benzene rings is 1. The van der Waals surface area contributed by atoms with Crippen LogP contribution in [-0.4, -0.2) is 0 Å². The van der Waals surface area contributed by atoms with Crippen LogP contribution in [0.1, 0.15) is 5.56 Å². The first-order valence-electron chi connectivity index (χ1n) is 3.77. The molecule has 0 fully saturated rings. The third-order valence-electron chi connectivity index (χ3n) is 1.89. The summed E-state index contributed by atoms with van der Waals surface area (Å²) in [5.41, 5.74) is 21.1. The van der Waals surface area contributed by atoms with Crippen LogP contribution in [0, 0.1) is 0 Å². The average Bonchev–Trinajstić information content (AvgIpc) is 2.12. The van der Waals surface area contributed by atoms with Gasteiger partial charge in [-0.1, -0.05) is 6.07 Å². The van der Waals surface area contributed by atoms with Crippen LogP contribution in [0.3, 0.4) is 0 Å². The smallest absolute Gasteiger partial charge is 0.166 e. The van der Waals surface area contributed by atoms with Crippen molar-refractivity contribution in [1.82, 2.24) is 5.48 Å². The Morgan fingerprint density at radius 2 is 1.92 bits per heavy atom. The van der Waals surface area contributed by atoms with Crippen molar-refractivity contribution >= 4 is 11.4 Å². The van der Waals surface area contributed by atoms with E-state index < -0.39 is 0 Å². The molecule has 0 saturated heterocycles. The molecule has 1 aromatic rings. The Balaban J connectivity index is 2.67. The first-order valence-corrected chi connectivity index (χ1v) is 3.77. The summed E-state index contributed by atoms with van der Waals surface area (Å²) >= 11 is 0. The van der Waals surface area contributed by atoms with E-state index in [1.165, 1.54) is 0 Å². The average molecular weight is 178 g/mol. The van der Waals surface area contributed by atoms with Crippen molar-refractivity contribution in [1.29, 1.82) is 0 Å². The summed E-state index contributed by atoms with van der Waals surface area (Å²) in [5, 5.41) is 0. The van der Waals surface area contributed by atoms with Gasteiger partial charge >= 0.3 is 0 Å². The van der Waals surface area contributed by atoms with Crippen LogP contribution in [0.5, 0.6) is 5.75 Å². The maximum atomic E-state index is 5.72. The molecule has 0 amide bonds. The Kier molecular flexibility index (Phi) is 1.45. The van der Waals surface area contributed by atoms with Gasteiger partial charge in [-0.25, -0.2) is 5.48 Å². The number of hydroxylamine groups is 1. The second kappa shape index (κ2) is 2.48. The maximum absolute atomic E-state index is 5.72. The molecule has 1 aliphatic heterocycles. The van der Waals surface area contributed by atoms with E-state index in [4.69, 9.17) is 22.0 Å². The molecule has 0 aliphatic carbocycles. The summed E-state index contributed by atoms with van der Waals surface area (Å²) in [6.07, 6.45) is 0. The number of hydrogen-bond donors (Lipinski definition) is 4. The van der Waals surface area contributed by atoms with E-state index in [1.807, 2.05) is 0 Å². The van der Waals surface area contributed by atoms with E-state index in [0.717, 1.165) is 0 Å². The minimum atomic E-state index is 0.283. The molecule has 0 spiro atoms. The quantitative estimate of drug-likeness (QED) is 0.409. The standard InChI is InChI=1S/C8H10N4O/c9-4-2-1-3-5-6(4)7(10)8(11)12-13-5/h1-3,12H,9-11H2. The van der Waals surface area contributed by atoms with Crippen LogP contribution in [0.4, 0.5) is 5.69 Å². The van der Waals surface area contributed by atoms with Gasteiger partial charge in [0.25, 0.3) is 0 Å². The molecule has 2 rings (SSSR count). The van der Waals surface area contributed by atoms with Gasteiger partial charge in [-0.3, -0.25) is 0 Å². The number of anilines is 1. The highest BCUT2D eigenvalue weighted by Crippen LogP contribution is 2.31. The van der Waals surface area contributed by atoms with Crippen LogP contribution in [0.2, 0.25) is 0 Å². The molecular weight excluding hydrogens is 168 g/mol. The van der Waals surface area contributed by atoms with Crippen molar-refractivity contribution in [3.63, 3.8) is 0 Å². The van der Waals surface area contributed by atoms with Gasteiger partial charge in [0.15, 0.2) is 11.6 Å². The monoisotopic (exact) mass is 178 g/mol. The third-order valence-corrected chi connectivity index (χ3v) is 1.89. The molecule has 0 radical (unpaired) electrons. The Morgan fingerprint density at radius 1 is 1.15 bits per heavy atom. The Bertz CT molecular complexity index is 386. The fourth-order valence-corrected chi connectivity index (χ4v) is 1.22. The minimum Gasteiger partial charge on any atom is -0.398 e. The lowest BCUT2D eigenvalue weighted by Crippen LogP contribution is -2.31. The largest absolute Gasteiger partial charge is 0.398 e. The zero-order valence-corrected chi connectivity index (χ0v) is 6.87. The molecule has 0 saturated carbocycles. The van der Waals surface area contributed by atoms with Crippen molar-refractivity contribution in [3.8, 4) is 5.75 Å². The Labute approximate surface area is 75.1 Å². The zero-order valence-electron chi connectivity index (χ0n) is 6.87. The molecule has 0 unspecified atom stereocenters. The highest BCUT2D eigenvalue weighted by atomic mass is 16.6. The van der Waals surface area contributed by atoms with Gasteiger partial charge in [-0.15, -0.1) is 0 Å². The summed E-state index contributed by atoms with van der Waals surface area (Å²) in [6, 6.07) is 5.29. The molecular formula is C8H10N4O. The van der Waals surface area contributed by atoms with Crippen molar-refractivity contribution in [3.05, 3.63) is 29.6 Å². The molecule has 1 aromatic carbocycles. The van der Waals surface area contributed by atoms with Gasteiger partial charge in [0.1, 0.15) is 0 Å². The van der Waals surface area contributed by atoms with E-state index in [0.29, 0.717) is 22.7 Å². The van der Waals surface area contributed by atoms with Gasteiger partial charge < -0.3 is 22.0 Å². The van der Waals surface area contributed by atoms with Gasteiger partial charge in [0, 0.05) is 5.69 Å². The summed E-state index contributed by atoms with van der Waals surface area (Å²) in [7, 11) is 0. The SMILES string of the molecule is NC1=C(N)c2c(N)cccc2ON1. The zero-order chi connectivity index (χ0) is 9.42. The van der Waals surface area contributed by atoms with Crippen LogP contribution in [-0.2, 0) is 0 Å². The summed E-state index contributed by atoms with van der Waals surface area (Å²) in [6.45, 7) is 0. The van der Waals surface area contributed by atoms with Crippen molar-refractivity contribution in [2.75, 3.05) is 5.73 Å². The number of rotatable bonds is 0. The molecule has 0 atom stereocenters. The molecule has 68 valence electrons. The molecule has 1 aliphatic rings. The van der Waals surface area contributed by atoms with Crippen molar-refractivity contribution < 1.29 is 4.84 Å². The fraction of sp³-hybridized carbons (Fsp3) is 0. The summed E-state index contributed by atoms with van der Waals surface area (Å²) in [4.78, 5) is 5.09. The summed E-state index contributed by atoms with van der Waals surface area (Å²) < 4.78 is 0. The van der Waals surface area contributed by atoms with Gasteiger partial charge in [-0.2, -0.15) is 0 Å². The number of nitrogens with two attached hydrogens (primary N) is 3. The number of nitrogen functional groups attached to an aromatic ring is 1. The van der Waals surface area contributed by atoms with E-state index in [-0.39, 0.29) is 5.82 Å². The highest BCUT2D eigenvalue weighted by Gasteiger charge is 2.18. The first kappa shape index (κ1) is 7.60. The van der Waals surface area contributed by atoms with Crippen LogP contribution < -0.4 is 27.5 Å². The molecule has 5 heteroatoms. The fourth-order valence-electron chi connectivity index (χ4n) is 1.22. The molecule has 5 nitrogen and oxygen atoms in total. The topological polar surface area (TPSA) is 99.3 Å². The van der Waals surface area contributed by atoms with Gasteiger partial charge in [-0.05, 0) is 12.1 Å². The molecule has 7 N–H and O–H groups in total. The van der Waals surface area contributed by atoms with E-state index in [1.54, 1.807) is 18.2 Å². The lowest BCUT2D eigenvalue weighted by molar-refractivity contribution is 0.222. The number of fused-ring (bicyclic) bond motifs is 1. The third kappa shape index (κ3) is 1.01. The lowest BCUT2D eigenvalue weighted by atomic mass is 10.1. The maximum Gasteiger partial charge on any atom is 0.166 e. The van der Waals surface area contributed by atoms with E-state index >= 15 is 0 Å². The number of nitrogens with one attached hydrogen (secondary N) is 1. The predicted octanol–water partition coefficient (Wildman–Crippen LogP) is -0.291. The lowest BCUT2D eigenvalue weighted by Gasteiger charge is -2.20. The minimum absolute atomic E-state index is 0.283. The predicted molar refractivity (Wildman–Crippen MR) is 49.9 cm³/mol. The molecule has 1 heterocycles. The molecule has 0 bridgehead atoms. The Hall–Kier alpha value is -2.04. The first-order chi connectivity index (χ1) is 6.20. The molecule has 0 aromatic heterocycles. The van der Waals surface area contributed by atoms with E-state index in [2.05, 4.69) is 5.48 Å². The highest BCUT2D eigenvalue weighted by molar-refractivity contribution is 5.79. The normalized spacial score (nSPS) is 14.5. The van der Waals surface area contributed by atoms with Crippen molar-refractivity contribution in [2.45, 2.75) is 0 Å². The second-order valence-electron chi connectivity index (χ2n) is 2.75. The molecule has 13 heavy (non-hydrogen) atoms. The van der Waals surface area contributed by atoms with Crippen LogP contribution >= 0.6 is 0 Å². The number of hydrogen-bond acceptors (Lipinski definition) is 5. The Morgan fingerprint density at radius 3 is 2.69 bits per heavy atom. The van der Waals surface area contributed by atoms with E-state index in [9.17, 15) is 0 Å². The van der Waals surface area contributed by atoms with Crippen LogP contribution in [0.15, 0.2) is 24.0 Å². The van der Waals surface area contributed by atoms with Crippen molar-refractivity contribution in [2.24, 2.45) is 11.5 Å². The van der Waals surface area contributed by atoms with Gasteiger partial charge in [0.2, 0.25) is 0 Å². The second-order valence-corrected chi connectivity index (χ2v) is 2.75. The van der Waals surface area contributed by atoms with Crippen LogP contribution in [0.25, 0.3) is 5.70 Å². The van der Waals surface area contributed by atoms with Gasteiger partial charge in [0.05, 0.1) is 11.3 Å².